The number of carbonyl (C=O) groups is 1. The van der Waals surface area contributed by atoms with Gasteiger partial charge in [-0.25, -0.2) is 0 Å². The van der Waals surface area contributed by atoms with Gasteiger partial charge in [0.15, 0.2) is 5.79 Å². The van der Waals surface area contributed by atoms with Crippen molar-refractivity contribution in [2.75, 3.05) is 13.2 Å². The van der Waals surface area contributed by atoms with Gasteiger partial charge in [-0.2, -0.15) is 0 Å². The fraction of sp³-hybridized carbons (Fsp3) is 0.562. The molecule has 1 aliphatic carbocycles. The van der Waals surface area contributed by atoms with Crippen molar-refractivity contribution >= 4 is 29.1 Å². The minimum absolute atomic E-state index is 0.104. The molecule has 1 saturated heterocycles. The smallest absolute Gasteiger partial charge is 0.252 e. The molecule has 1 aromatic carbocycles. The van der Waals surface area contributed by atoms with Gasteiger partial charge in [0.25, 0.3) is 5.91 Å². The summed E-state index contributed by atoms with van der Waals surface area (Å²) in [7, 11) is 0. The fourth-order valence-electron chi connectivity index (χ4n) is 3.05. The zero-order valence-corrected chi connectivity index (χ0v) is 13.8. The summed E-state index contributed by atoms with van der Waals surface area (Å²) in [5, 5.41) is 3.70. The third kappa shape index (κ3) is 3.57. The van der Waals surface area contributed by atoms with Crippen LogP contribution in [-0.4, -0.2) is 30.9 Å². The van der Waals surface area contributed by atoms with E-state index in [0.29, 0.717) is 28.8 Å². The third-order valence-electron chi connectivity index (χ3n) is 4.20. The lowest BCUT2D eigenvalue weighted by Gasteiger charge is -2.31. The molecule has 1 heterocycles. The molecule has 22 heavy (non-hydrogen) atoms. The van der Waals surface area contributed by atoms with E-state index in [4.69, 9.17) is 32.7 Å². The van der Waals surface area contributed by atoms with Crippen LogP contribution in [0.5, 0.6) is 0 Å². The lowest BCUT2D eigenvalue weighted by atomic mass is 9.94. The van der Waals surface area contributed by atoms with Crippen LogP contribution in [0.1, 0.15) is 42.5 Å². The maximum Gasteiger partial charge on any atom is 0.252 e. The molecule has 0 radical (unpaired) electrons. The maximum absolute atomic E-state index is 12.2. The summed E-state index contributed by atoms with van der Waals surface area (Å²) < 4.78 is 11.9. The molecular formula is C16H19Cl2NO3. The monoisotopic (exact) mass is 343 g/mol. The van der Waals surface area contributed by atoms with Gasteiger partial charge in [-0.3, -0.25) is 4.79 Å². The summed E-state index contributed by atoms with van der Waals surface area (Å²) in [6, 6.07) is 4.83. The summed E-state index contributed by atoms with van der Waals surface area (Å²) >= 11 is 11.9. The number of benzene rings is 1. The van der Waals surface area contributed by atoms with Gasteiger partial charge in [0, 0.05) is 24.4 Å². The molecular weight excluding hydrogens is 325 g/mol. The molecule has 0 bridgehead atoms. The lowest BCUT2D eigenvalue weighted by molar-refractivity contribution is -0.186. The van der Waals surface area contributed by atoms with Crippen molar-refractivity contribution in [3.8, 4) is 0 Å². The normalized spacial score (nSPS) is 23.6. The topological polar surface area (TPSA) is 47.6 Å². The van der Waals surface area contributed by atoms with Crippen LogP contribution in [-0.2, 0) is 9.47 Å². The van der Waals surface area contributed by atoms with Crippen LogP contribution >= 0.6 is 23.2 Å². The molecule has 1 atom stereocenters. The van der Waals surface area contributed by atoms with Gasteiger partial charge in [-0.15, -0.1) is 0 Å². The number of hydrogen-bond donors (Lipinski definition) is 1. The highest BCUT2D eigenvalue weighted by molar-refractivity contribution is 6.36. The summed E-state index contributed by atoms with van der Waals surface area (Å²) in [6.07, 6.45) is 5.30. The van der Waals surface area contributed by atoms with Gasteiger partial charge in [0.1, 0.15) is 6.10 Å². The minimum atomic E-state index is -0.411. The van der Waals surface area contributed by atoms with E-state index < -0.39 is 5.79 Å². The predicted octanol–water partition coefficient (Wildman–Crippen LogP) is 3.80. The Labute approximate surface area is 140 Å². The Bertz CT molecular complexity index is 558. The van der Waals surface area contributed by atoms with Crippen molar-refractivity contribution in [1.82, 2.24) is 5.32 Å². The van der Waals surface area contributed by atoms with Gasteiger partial charge < -0.3 is 14.8 Å². The summed E-state index contributed by atoms with van der Waals surface area (Å²) in [5.74, 6) is -0.638. The van der Waals surface area contributed by atoms with Crippen LogP contribution in [0, 0.1) is 0 Å². The van der Waals surface area contributed by atoms with Gasteiger partial charge in [-0.05, 0) is 31.0 Å². The number of hydrogen-bond acceptors (Lipinski definition) is 3. The van der Waals surface area contributed by atoms with E-state index in [1.165, 1.54) is 6.42 Å². The first kappa shape index (κ1) is 16.1. The lowest BCUT2D eigenvalue weighted by Crippen LogP contribution is -2.37. The van der Waals surface area contributed by atoms with Crippen LogP contribution < -0.4 is 5.32 Å². The minimum Gasteiger partial charge on any atom is -0.349 e. The molecule has 3 rings (SSSR count). The van der Waals surface area contributed by atoms with Crippen LogP contribution in [0.15, 0.2) is 18.2 Å². The molecule has 2 aliphatic rings. The SMILES string of the molecule is O=C(NC[C@H]1COC2(CCCCC2)O1)c1ccc(Cl)cc1Cl. The van der Waals surface area contributed by atoms with Crippen LogP contribution in [0.2, 0.25) is 10.0 Å². The molecule has 1 aliphatic heterocycles. The van der Waals surface area contributed by atoms with E-state index in [9.17, 15) is 4.79 Å². The number of ether oxygens (including phenoxy) is 2. The predicted molar refractivity (Wildman–Crippen MR) is 85.4 cm³/mol. The van der Waals surface area contributed by atoms with Crippen molar-refractivity contribution in [1.29, 1.82) is 0 Å². The van der Waals surface area contributed by atoms with Crippen molar-refractivity contribution in [2.45, 2.75) is 44.0 Å². The second-order valence-corrected chi connectivity index (χ2v) is 6.70. The zero-order chi connectivity index (χ0) is 15.6. The van der Waals surface area contributed by atoms with Gasteiger partial charge in [0.2, 0.25) is 0 Å². The standard InChI is InChI=1S/C16H19Cl2NO3/c17-11-4-5-13(14(18)8-11)15(20)19-9-12-10-21-16(22-12)6-2-1-3-7-16/h4-5,8,12H,1-3,6-7,9-10H2,(H,19,20)/t12-/m0/s1. The zero-order valence-electron chi connectivity index (χ0n) is 12.2. The van der Waals surface area contributed by atoms with Crippen molar-refractivity contribution in [3.63, 3.8) is 0 Å². The quantitative estimate of drug-likeness (QED) is 0.907. The van der Waals surface area contributed by atoms with Crippen molar-refractivity contribution < 1.29 is 14.3 Å². The molecule has 6 heteroatoms. The number of amides is 1. The molecule has 1 amide bonds. The first-order chi connectivity index (χ1) is 10.6. The molecule has 0 unspecified atom stereocenters. The van der Waals surface area contributed by atoms with E-state index in [2.05, 4.69) is 5.32 Å². The number of halogens is 2. The Kier molecular flexibility index (Phi) is 4.93. The molecule has 1 N–H and O–H groups in total. The molecule has 4 nitrogen and oxygen atoms in total. The largest absolute Gasteiger partial charge is 0.349 e. The Balaban J connectivity index is 1.53. The van der Waals surface area contributed by atoms with Crippen molar-refractivity contribution in [2.24, 2.45) is 0 Å². The van der Waals surface area contributed by atoms with Gasteiger partial charge >= 0.3 is 0 Å². The van der Waals surface area contributed by atoms with E-state index in [1.807, 2.05) is 0 Å². The average molecular weight is 344 g/mol. The number of rotatable bonds is 3. The third-order valence-corrected chi connectivity index (χ3v) is 4.74. The maximum atomic E-state index is 12.2. The molecule has 1 spiro atoms. The highest BCUT2D eigenvalue weighted by Gasteiger charge is 2.42. The van der Waals surface area contributed by atoms with Crippen LogP contribution in [0.4, 0.5) is 0 Å². The second-order valence-electron chi connectivity index (χ2n) is 5.86. The number of carbonyl (C=O) groups excluding carboxylic acids is 1. The van der Waals surface area contributed by atoms with Crippen LogP contribution in [0.25, 0.3) is 0 Å². The highest BCUT2D eigenvalue weighted by atomic mass is 35.5. The number of nitrogens with one attached hydrogen (secondary N) is 1. The summed E-state index contributed by atoms with van der Waals surface area (Å²) in [4.78, 5) is 12.2. The van der Waals surface area contributed by atoms with Gasteiger partial charge in [-0.1, -0.05) is 29.6 Å². The average Bonchev–Trinajstić information content (AvgIpc) is 2.88. The molecule has 2 fully saturated rings. The summed E-state index contributed by atoms with van der Waals surface area (Å²) in [5.41, 5.74) is 0.414. The van der Waals surface area contributed by atoms with Gasteiger partial charge in [0.05, 0.1) is 17.2 Å². The highest BCUT2D eigenvalue weighted by Crippen LogP contribution is 2.37. The van der Waals surface area contributed by atoms with Crippen molar-refractivity contribution in [3.05, 3.63) is 33.8 Å². The molecule has 120 valence electrons. The Hall–Kier alpha value is -0.810. The molecule has 1 aromatic rings. The molecule has 0 aromatic heterocycles. The first-order valence-electron chi connectivity index (χ1n) is 7.63. The van der Waals surface area contributed by atoms with Crippen LogP contribution in [0.3, 0.4) is 0 Å². The van der Waals surface area contributed by atoms with E-state index in [1.54, 1.807) is 18.2 Å². The fourth-order valence-corrected chi connectivity index (χ4v) is 3.54. The molecule has 1 saturated carbocycles. The summed E-state index contributed by atoms with van der Waals surface area (Å²) in [6.45, 7) is 0.939. The second kappa shape index (κ2) is 6.75. The van der Waals surface area contributed by atoms with E-state index >= 15 is 0 Å². The Morgan fingerprint density at radius 2 is 2.05 bits per heavy atom. The Morgan fingerprint density at radius 1 is 1.27 bits per heavy atom. The Morgan fingerprint density at radius 3 is 2.77 bits per heavy atom. The first-order valence-corrected chi connectivity index (χ1v) is 8.39. The van der Waals surface area contributed by atoms with E-state index in [0.717, 1.165) is 25.7 Å². The van der Waals surface area contributed by atoms with E-state index in [-0.39, 0.29) is 12.0 Å².